The molecule has 0 radical (unpaired) electrons. The van der Waals surface area contributed by atoms with Crippen LogP contribution >= 0.6 is 23.2 Å². The highest BCUT2D eigenvalue weighted by atomic mass is 35.5. The number of carbonyl (C=O) groups is 1. The van der Waals surface area contributed by atoms with Gasteiger partial charge < -0.3 is 10.5 Å². The number of nitrogens with two attached hydrogens (primary N) is 1. The summed E-state index contributed by atoms with van der Waals surface area (Å²) in [4.78, 5) is 17.5. The van der Waals surface area contributed by atoms with Crippen LogP contribution < -0.4 is 10.5 Å². The number of halogens is 2. The molecular formula is C22H28Cl2N4O2. The Morgan fingerprint density at radius 3 is 2.10 bits per heavy atom. The predicted octanol–water partition coefficient (Wildman–Crippen LogP) is 5.67. The zero-order valence-electron chi connectivity index (χ0n) is 18.2. The summed E-state index contributed by atoms with van der Waals surface area (Å²) >= 11 is 11.4. The first-order chi connectivity index (χ1) is 14.0. The lowest BCUT2D eigenvalue weighted by molar-refractivity contribution is -0.133. The fraction of sp³-hybridized carbons (Fsp3) is 0.455. The monoisotopic (exact) mass is 450 g/mol. The van der Waals surface area contributed by atoms with Crippen LogP contribution in [-0.4, -0.2) is 22.0 Å². The summed E-state index contributed by atoms with van der Waals surface area (Å²) in [6.45, 7) is 12.9. The largest absolute Gasteiger partial charge is 0.489 e. The van der Waals surface area contributed by atoms with E-state index >= 15 is 0 Å². The van der Waals surface area contributed by atoms with Gasteiger partial charge in [0, 0.05) is 29.3 Å². The summed E-state index contributed by atoms with van der Waals surface area (Å²) in [7, 11) is 0. The molecule has 1 heterocycles. The van der Waals surface area contributed by atoms with Gasteiger partial charge in [-0.1, -0.05) is 53.1 Å². The van der Waals surface area contributed by atoms with Crippen molar-refractivity contribution in [3.05, 3.63) is 52.0 Å². The summed E-state index contributed by atoms with van der Waals surface area (Å²) in [6, 6.07) is 7.29. The van der Waals surface area contributed by atoms with Crippen molar-refractivity contribution in [2.24, 2.45) is 16.6 Å². The van der Waals surface area contributed by atoms with Gasteiger partial charge in [0.15, 0.2) is 0 Å². The number of ether oxygens (including phenoxy) is 1. The van der Waals surface area contributed by atoms with E-state index in [1.165, 1.54) is 12.4 Å². The zero-order chi connectivity index (χ0) is 23.1. The first-order valence-electron chi connectivity index (χ1n) is 9.60. The van der Waals surface area contributed by atoms with E-state index in [0.717, 1.165) is 12.2 Å². The third-order valence-corrected chi connectivity index (χ3v) is 5.06. The number of nitrogens with zero attached hydrogens (tertiary/aromatic N) is 3. The molecule has 1 fully saturated rings. The molecule has 6 nitrogen and oxygen atoms in total. The minimum absolute atomic E-state index is 0.102. The smallest absolute Gasteiger partial charge is 0.251 e. The molecule has 2 aromatic rings. The summed E-state index contributed by atoms with van der Waals surface area (Å²) < 4.78 is 6.07. The molecular weight excluding hydrogens is 423 g/mol. The Morgan fingerprint density at radius 1 is 1.17 bits per heavy atom. The number of hydrogen-bond acceptors (Lipinski definition) is 5. The van der Waals surface area contributed by atoms with E-state index < -0.39 is 5.91 Å². The first-order valence-corrected chi connectivity index (χ1v) is 10.4. The molecule has 1 aliphatic rings. The van der Waals surface area contributed by atoms with Gasteiger partial charge in [0.1, 0.15) is 17.9 Å². The maximum absolute atomic E-state index is 10.4. The molecule has 0 saturated heterocycles. The number of rotatable bonds is 3. The molecule has 8 heteroatoms. The number of nitriles is 1. The van der Waals surface area contributed by atoms with Crippen molar-refractivity contribution in [3.63, 3.8) is 0 Å². The van der Waals surface area contributed by atoms with E-state index in [0.29, 0.717) is 10.6 Å². The van der Waals surface area contributed by atoms with E-state index in [4.69, 9.17) is 38.9 Å². The van der Waals surface area contributed by atoms with Crippen molar-refractivity contribution in [1.82, 2.24) is 9.97 Å². The Balaban J connectivity index is 0.000000318. The fourth-order valence-electron chi connectivity index (χ4n) is 3.84. The molecule has 2 N–H and O–H groups in total. The Bertz CT molecular complexity index is 892. The van der Waals surface area contributed by atoms with Crippen molar-refractivity contribution < 1.29 is 9.53 Å². The number of benzene rings is 1. The average molecular weight is 451 g/mol. The molecule has 3 rings (SSSR count). The molecule has 1 aliphatic carbocycles. The lowest BCUT2D eigenvalue weighted by Gasteiger charge is -2.56. The van der Waals surface area contributed by atoms with Gasteiger partial charge >= 0.3 is 0 Å². The van der Waals surface area contributed by atoms with Gasteiger partial charge in [-0.05, 0) is 30.2 Å². The number of amides is 1. The Labute approximate surface area is 188 Å². The molecule has 30 heavy (non-hydrogen) atoms. The molecule has 0 unspecified atom stereocenters. The van der Waals surface area contributed by atoms with Crippen molar-refractivity contribution >= 4 is 29.1 Å². The molecule has 1 saturated carbocycles. The zero-order valence-corrected chi connectivity index (χ0v) is 19.7. The minimum atomic E-state index is -0.559. The van der Waals surface area contributed by atoms with Crippen LogP contribution in [0.1, 0.15) is 63.9 Å². The standard InChI is InChI=1S/C15H18ClNO.C5H4ClN3O.C2H6/c1-14(2)9-15(3,4)13(14)18-11-6-5-10(8-17)12(16)7-11;6-5-8-1-3(2-9-5)4(7)10;1-2/h5-7,13H,9H2,1-4H3;1-2H,(H2,7,10);1-2H3. The van der Waals surface area contributed by atoms with Crippen LogP contribution in [0.2, 0.25) is 10.3 Å². The third-order valence-electron chi connectivity index (χ3n) is 4.55. The van der Waals surface area contributed by atoms with Crippen LogP contribution in [0, 0.1) is 22.2 Å². The second kappa shape index (κ2) is 10.6. The van der Waals surface area contributed by atoms with Crippen molar-refractivity contribution in [3.8, 4) is 11.8 Å². The molecule has 1 amide bonds. The van der Waals surface area contributed by atoms with Crippen LogP contribution in [-0.2, 0) is 0 Å². The number of carbonyl (C=O) groups excluding carboxylic acids is 1. The Hall–Kier alpha value is -2.36. The van der Waals surface area contributed by atoms with E-state index in [1.807, 2.05) is 26.0 Å². The highest BCUT2D eigenvalue weighted by Gasteiger charge is 2.54. The molecule has 162 valence electrons. The van der Waals surface area contributed by atoms with Crippen LogP contribution in [0.25, 0.3) is 0 Å². The summed E-state index contributed by atoms with van der Waals surface area (Å²) in [5, 5.41) is 9.39. The first kappa shape index (κ1) is 25.7. The van der Waals surface area contributed by atoms with E-state index in [9.17, 15) is 4.79 Å². The maximum Gasteiger partial charge on any atom is 0.251 e. The van der Waals surface area contributed by atoms with Crippen molar-refractivity contribution in [2.45, 2.75) is 54.1 Å². The van der Waals surface area contributed by atoms with Gasteiger partial charge in [0.2, 0.25) is 5.28 Å². The van der Waals surface area contributed by atoms with Gasteiger partial charge in [-0.15, -0.1) is 0 Å². The van der Waals surface area contributed by atoms with E-state index in [1.54, 1.807) is 12.1 Å². The number of hydrogen-bond donors (Lipinski definition) is 1. The van der Waals surface area contributed by atoms with Gasteiger partial charge in [0.25, 0.3) is 5.91 Å². The lowest BCUT2D eigenvalue weighted by Crippen LogP contribution is -2.58. The lowest BCUT2D eigenvalue weighted by atomic mass is 9.53. The van der Waals surface area contributed by atoms with Gasteiger partial charge in [0.05, 0.1) is 16.1 Å². The van der Waals surface area contributed by atoms with Crippen molar-refractivity contribution in [1.29, 1.82) is 5.26 Å². The predicted molar refractivity (Wildman–Crippen MR) is 120 cm³/mol. The highest BCUT2D eigenvalue weighted by Crippen LogP contribution is 2.55. The fourth-order valence-corrected chi connectivity index (χ4v) is 4.15. The summed E-state index contributed by atoms with van der Waals surface area (Å²) in [5.41, 5.74) is 6.01. The topological polar surface area (TPSA) is 102 Å². The molecule has 0 bridgehead atoms. The molecule has 0 aliphatic heterocycles. The van der Waals surface area contributed by atoms with E-state index in [-0.39, 0.29) is 27.8 Å². The quantitative estimate of drug-likeness (QED) is 0.606. The van der Waals surface area contributed by atoms with Crippen LogP contribution in [0.5, 0.6) is 5.75 Å². The van der Waals surface area contributed by atoms with Crippen LogP contribution in [0.3, 0.4) is 0 Å². The van der Waals surface area contributed by atoms with Crippen molar-refractivity contribution in [2.75, 3.05) is 0 Å². The Kier molecular flexibility index (Phi) is 9.08. The molecule has 0 spiro atoms. The molecule has 1 aromatic carbocycles. The molecule has 0 atom stereocenters. The van der Waals surface area contributed by atoms with Gasteiger partial charge in [-0.3, -0.25) is 4.79 Å². The maximum atomic E-state index is 10.4. The second-order valence-electron chi connectivity index (χ2n) is 8.01. The SMILES string of the molecule is CC.CC1(C)CC(C)(C)C1Oc1ccc(C#N)c(Cl)c1.NC(=O)c1cnc(Cl)nc1. The van der Waals surface area contributed by atoms with Gasteiger partial charge in [-0.25, -0.2) is 9.97 Å². The summed E-state index contributed by atoms with van der Waals surface area (Å²) in [5.74, 6) is 0.182. The highest BCUT2D eigenvalue weighted by molar-refractivity contribution is 6.31. The number of aromatic nitrogens is 2. The second-order valence-corrected chi connectivity index (χ2v) is 8.76. The van der Waals surface area contributed by atoms with Crippen LogP contribution in [0.15, 0.2) is 30.6 Å². The molecule has 1 aromatic heterocycles. The van der Waals surface area contributed by atoms with E-state index in [2.05, 4.69) is 37.7 Å². The third kappa shape index (κ3) is 6.58. The Morgan fingerprint density at radius 2 is 1.70 bits per heavy atom. The van der Waals surface area contributed by atoms with Crippen LogP contribution in [0.4, 0.5) is 0 Å². The normalized spacial score (nSPS) is 15.8. The summed E-state index contributed by atoms with van der Waals surface area (Å²) in [6.07, 6.45) is 3.87. The van der Waals surface area contributed by atoms with Gasteiger partial charge in [-0.2, -0.15) is 5.26 Å². The average Bonchev–Trinajstić information content (AvgIpc) is 2.68. The number of primary amides is 1. The minimum Gasteiger partial charge on any atom is -0.489 e.